The van der Waals surface area contributed by atoms with E-state index in [1.807, 2.05) is 99.7 Å². The van der Waals surface area contributed by atoms with Crippen LogP contribution in [0.1, 0.15) is 78.3 Å². The molecule has 0 spiro atoms. The van der Waals surface area contributed by atoms with Crippen molar-refractivity contribution in [3.05, 3.63) is 260 Å². The minimum Gasteiger partial charge on any atom is -0.310 e. The van der Waals surface area contributed by atoms with Crippen LogP contribution in [-0.2, 0) is 0 Å². The molecule has 0 aliphatic heterocycles. The molecule has 0 radical (unpaired) electrons. The van der Waals surface area contributed by atoms with Crippen molar-refractivity contribution in [3.8, 4) is 11.1 Å². The molecule has 0 aliphatic rings. The Labute approximate surface area is 372 Å². The summed E-state index contributed by atoms with van der Waals surface area (Å²) in [6, 6.07) is 19.1. The highest BCUT2D eigenvalue weighted by atomic mass is 15.0. The first-order valence-electron chi connectivity index (χ1n) is 20.8. The average molecular weight is 809 g/mol. The third-order valence-electron chi connectivity index (χ3n) is 10.3. The van der Waals surface area contributed by atoms with E-state index in [0.29, 0.717) is 0 Å². The Morgan fingerprint density at radius 1 is 0.484 bits per heavy atom. The summed E-state index contributed by atoms with van der Waals surface area (Å²) in [5.41, 5.74) is 15.5. The van der Waals surface area contributed by atoms with E-state index >= 15 is 0 Å². The Kier molecular flexibility index (Phi) is 18.0. The van der Waals surface area contributed by atoms with E-state index in [4.69, 9.17) is 0 Å². The van der Waals surface area contributed by atoms with Crippen molar-refractivity contribution in [2.75, 3.05) is 0 Å². The highest BCUT2D eigenvalue weighted by molar-refractivity contribution is 6.01. The molecule has 2 aromatic heterocycles. The lowest BCUT2D eigenvalue weighted by atomic mass is 9.96. The molecule has 0 amide bonds. The summed E-state index contributed by atoms with van der Waals surface area (Å²) in [6.07, 6.45) is 45.7. The Bertz CT molecular complexity index is 2650. The molecule has 2 nitrogen and oxygen atoms in total. The van der Waals surface area contributed by atoms with Gasteiger partial charge in [0.15, 0.2) is 0 Å². The molecule has 0 bridgehead atoms. The highest BCUT2D eigenvalue weighted by Gasteiger charge is 2.23. The van der Waals surface area contributed by atoms with Gasteiger partial charge in [0.05, 0.1) is 22.8 Å². The summed E-state index contributed by atoms with van der Waals surface area (Å²) in [4.78, 5) is 0. The Hall–Kier alpha value is -7.68. The quantitative estimate of drug-likeness (QED) is 0.0742. The van der Waals surface area contributed by atoms with E-state index in [1.165, 1.54) is 5.56 Å². The molecule has 0 saturated heterocycles. The van der Waals surface area contributed by atoms with Crippen LogP contribution in [0.25, 0.3) is 76.7 Å². The van der Waals surface area contributed by atoms with E-state index in [-0.39, 0.29) is 0 Å². The second kappa shape index (κ2) is 23.8. The molecule has 4 aromatic rings. The number of hydrogen-bond donors (Lipinski definition) is 0. The van der Waals surface area contributed by atoms with Gasteiger partial charge >= 0.3 is 0 Å². The first kappa shape index (κ1) is 47.0. The number of hydrogen-bond acceptors (Lipinski definition) is 0. The van der Waals surface area contributed by atoms with Gasteiger partial charge in [-0.05, 0) is 98.1 Å². The molecule has 0 aliphatic carbocycles. The van der Waals surface area contributed by atoms with Gasteiger partial charge < -0.3 is 9.13 Å². The Morgan fingerprint density at radius 2 is 0.968 bits per heavy atom. The van der Waals surface area contributed by atoms with Gasteiger partial charge in [0.25, 0.3) is 0 Å². The van der Waals surface area contributed by atoms with Crippen LogP contribution >= 0.6 is 0 Å². The van der Waals surface area contributed by atoms with Crippen LogP contribution < -0.4 is 0 Å². The summed E-state index contributed by atoms with van der Waals surface area (Å²) in [5, 5.41) is 0. The molecular weight excluding hydrogens is 749 g/mol. The Morgan fingerprint density at radius 3 is 1.42 bits per heavy atom. The van der Waals surface area contributed by atoms with Gasteiger partial charge in [-0.2, -0.15) is 0 Å². The van der Waals surface area contributed by atoms with Crippen molar-refractivity contribution >= 4 is 65.6 Å². The zero-order valence-corrected chi connectivity index (χ0v) is 37.0. The number of allylic oxidation sites excluding steroid dienone is 20. The van der Waals surface area contributed by atoms with Crippen molar-refractivity contribution < 1.29 is 0 Å². The average Bonchev–Trinajstić information content (AvgIpc) is 3.78. The van der Waals surface area contributed by atoms with Crippen molar-refractivity contribution in [2.24, 2.45) is 0 Å². The molecule has 0 saturated carbocycles. The standard InChI is InChI=1S/C60H60N2/c1-13-25-30-35-50(19-7)61-57(21-9)52(37-27-15-3)54(59(61)23-11)43-45(17-5)46(18-6)44-55-53(38-28-16-4)58(22-10)62(60(55)24-12)56(20-8)51(36-26-14-2)49-41-39-48(40-42-49)47-33-31-29-32-34-47/h13-44H,3-6,9-12H2,1-2,7-8H3/b25-13-,26-14-,35-30-,37-27-,38-28-,45-43+,46-44+,50-19+,51-36-,56-20+. The maximum absolute atomic E-state index is 4.38. The van der Waals surface area contributed by atoms with E-state index in [0.717, 1.165) is 84.3 Å². The molecule has 0 atom stereocenters. The first-order chi connectivity index (χ1) is 30.3. The minimum atomic E-state index is 0.855. The fourth-order valence-corrected chi connectivity index (χ4v) is 7.41. The fraction of sp³-hybridized carbons (Fsp3) is 0.0667. The number of nitrogens with zero attached hydrogens (tertiary/aromatic N) is 2. The van der Waals surface area contributed by atoms with Gasteiger partial charge in [-0.3, -0.25) is 0 Å². The molecule has 4 rings (SSSR count). The van der Waals surface area contributed by atoms with Gasteiger partial charge in [-0.15, -0.1) is 0 Å². The summed E-state index contributed by atoms with van der Waals surface area (Å²) < 4.78 is 4.40. The third-order valence-corrected chi connectivity index (χ3v) is 10.3. The monoisotopic (exact) mass is 808 g/mol. The van der Waals surface area contributed by atoms with E-state index < -0.39 is 0 Å². The van der Waals surface area contributed by atoms with Crippen molar-refractivity contribution in [3.63, 3.8) is 0 Å². The van der Waals surface area contributed by atoms with E-state index in [1.54, 1.807) is 12.2 Å². The van der Waals surface area contributed by atoms with Crippen LogP contribution in [0.5, 0.6) is 0 Å². The lowest BCUT2D eigenvalue weighted by molar-refractivity contribution is 1.08. The van der Waals surface area contributed by atoms with Crippen molar-refractivity contribution in [1.29, 1.82) is 0 Å². The summed E-state index contributed by atoms with van der Waals surface area (Å²) >= 11 is 0. The molecule has 0 unspecified atom stereocenters. The van der Waals surface area contributed by atoms with Crippen LogP contribution in [0.3, 0.4) is 0 Å². The third kappa shape index (κ3) is 10.4. The summed E-state index contributed by atoms with van der Waals surface area (Å²) in [6.45, 7) is 41.9. The van der Waals surface area contributed by atoms with E-state index in [9.17, 15) is 0 Å². The molecule has 0 fully saturated rings. The summed E-state index contributed by atoms with van der Waals surface area (Å²) in [7, 11) is 0. The zero-order valence-electron chi connectivity index (χ0n) is 37.0. The molecule has 310 valence electrons. The van der Waals surface area contributed by atoms with Crippen LogP contribution in [-0.4, -0.2) is 9.13 Å². The normalized spacial score (nSPS) is 13.2. The predicted octanol–water partition coefficient (Wildman–Crippen LogP) is 17.3. The maximum atomic E-state index is 4.38. The van der Waals surface area contributed by atoms with Gasteiger partial charge in [0.2, 0.25) is 0 Å². The van der Waals surface area contributed by atoms with Crippen LogP contribution in [0.15, 0.2) is 210 Å². The van der Waals surface area contributed by atoms with Crippen molar-refractivity contribution in [2.45, 2.75) is 27.7 Å². The largest absolute Gasteiger partial charge is 0.310 e. The number of rotatable bonds is 21. The van der Waals surface area contributed by atoms with Crippen LogP contribution in [0.4, 0.5) is 0 Å². The molecule has 0 N–H and O–H groups in total. The van der Waals surface area contributed by atoms with Gasteiger partial charge in [-0.25, -0.2) is 0 Å². The highest BCUT2D eigenvalue weighted by Crippen LogP contribution is 2.39. The molecule has 2 heterocycles. The van der Waals surface area contributed by atoms with Gasteiger partial charge in [-0.1, -0.05) is 204 Å². The first-order valence-corrected chi connectivity index (χ1v) is 20.8. The lowest BCUT2D eigenvalue weighted by Gasteiger charge is -2.19. The zero-order chi connectivity index (χ0) is 45.0. The second-order valence-corrected chi connectivity index (χ2v) is 13.8. The number of aromatic nitrogens is 2. The van der Waals surface area contributed by atoms with E-state index in [2.05, 4.69) is 172 Å². The van der Waals surface area contributed by atoms with Gasteiger partial charge in [0, 0.05) is 39.2 Å². The smallest absolute Gasteiger partial charge is 0.0535 e. The summed E-state index contributed by atoms with van der Waals surface area (Å²) in [5.74, 6) is 0. The minimum absolute atomic E-state index is 0.855. The number of benzene rings is 2. The fourth-order valence-electron chi connectivity index (χ4n) is 7.41. The molecule has 2 heteroatoms. The van der Waals surface area contributed by atoms with Crippen LogP contribution in [0.2, 0.25) is 0 Å². The van der Waals surface area contributed by atoms with Crippen molar-refractivity contribution in [1.82, 2.24) is 9.13 Å². The topological polar surface area (TPSA) is 9.86 Å². The lowest BCUT2D eigenvalue weighted by Crippen LogP contribution is -2.05. The van der Waals surface area contributed by atoms with Crippen LogP contribution in [0, 0.1) is 0 Å². The molecule has 2 aromatic carbocycles. The predicted molar refractivity (Wildman–Crippen MR) is 283 cm³/mol. The second-order valence-electron chi connectivity index (χ2n) is 13.8. The molecular formula is C60H60N2. The SMILES string of the molecule is C=C/C=C\c1c(/C=C(C=C)/C(C=C)=C/c2c(/C=C\C=C)c(C=C)n(C(=C/C)/C(=C\C=C/C)c3ccc(-c4ccccc4)cc3)c2C=C)c(C=C)n(C(/C=C\C=C/C)=C/C)c1C=C. The maximum Gasteiger partial charge on any atom is 0.0535 e. The Balaban J connectivity index is 2.08. The molecule has 62 heavy (non-hydrogen) atoms. The van der Waals surface area contributed by atoms with Gasteiger partial charge in [0.1, 0.15) is 0 Å².